The zero-order valence-electron chi connectivity index (χ0n) is 17.5. The number of aryl methyl sites for hydroxylation is 4. The number of aromatic nitrogens is 2. The Labute approximate surface area is 180 Å². The van der Waals surface area contributed by atoms with Crippen LogP contribution in [0.5, 0.6) is 0 Å². The highest BCUT2D eigenvalue weighted by molar-refractivity contribution is 7.18. The lowest BCUT2D eigenvalue weighted by Gasteiger charge is -2.13. The van der Waals surface area contributed by atoms with Gasteiger partial charge in [0.1, 0.15) is 10.7 Å². The molecule has 158 valence electrons. The van der Waals surface area contributed by atoms with Gasteiger partial charge in [0.25, 0.3) is 5.56 Å². The van der Waals surface area contributed by atoms with Crippen LogP contribution in [-0.4, -0.2) is 21.9 Å². The molecular weight excluding hydrogens is 394 g/mol. The van der Waals surface area contributed by atoms with Gasteiger partial charge in [0.2, 0.25) is 5.91 Å². The molecule has 3 aromatic rings. The Bertz CT molecular complexity index is 1070. The van der Waals surface area contributed by atoms with E-state index in [4.69, 9.17) is 0 Å². The summed E-state index contributed by atoms with van der Waals surface area (Å²) >= 11 is 1.66. The molecule has 6 heteroatoms. The van der Waals surface area contributed by atoms with Crippen LogP contribution in [0.15, 0.2) is 35.1 Å². The van der Waals surface area contributed by atoms with Crippen LogP contribution in [0.25, 0.3) is 10.2 Å². The fraction of sp³-hybridized carbons (Fsp3) is 0.458. The highest BCUT2D eigenvalue weighted by Gasteiger charge is 2.19. The van der Waals surface area contributed by atoms with Crippen LogP contribution in [0.2, 0.25) is 0 Å². The molecule has 0 bridgehead atoms. The first-order valence-electron chi connectivity index (χ1n) is 11.0. The minimum absolute atomic E-state index is 0.000249. The molecule has 0 spiro atoms. The van der Waals surface area contributed by atoms with Gasteiger partial charge in [-0.05, 0) is 56.6 Å². The van der Waals surface area contributed by atoms with Crippen molar-refractivity contribution in [3.05, 3.63) is 62.5 Å². The van der Waals surface area contributed by atoms with Crippen molar-refractivity contribution >= 4 is 27.5 Å². The lowest BCUT2D eigenvalue weighted by atomic mass is 10.1. The molecule has 0 radical (unpaired) electrons. The molecule has 1 atom stereocenters. The van der Waals surface area contributed by atoms with E-state index in [9.17, 15) is 9.59 Å². The van der Waals surface area contributed by atoms with Gasteiger partial charge in [-0.1, -0.05) is 36.8 Å². The molecule has 1 amide bonds. The number of thiophene rings is 1. The van der Waals surface area contributed by atoms with Gasteiger partial charge in [0.05, 0.1) is 5.39 Å². The summed E-state index contributed by atoms with van der Waals surface area (Å²) in [5.74, 6) is 0.608. The highest BCUT2D eigenvalue weighted by atomic mass is 32.1. The van der Waals surface area contributed by atoms with E-state index in [1.807, 2.05) is 25.1 Å². The summed E-state index contributed by atoms with van der Waals surface area (Å²) in [6, 6.07) is 10.4. The predicted molar refractivity (Wildman–Crippen MR) is 122 cm³/mol. The maximum Gasteiger partial charge on any atom is 0.259 e. The van der Waals surface area contributed by atoms with Crippen LogP contribution in [0.1, 0.15) is 60.9 Å². The predicted octanol–water partition coefficient (Wildman–Crippen LogP) is 4.32. The number of H-pyrrole nitrogens is 1. The lowest BCUT2D eigenvalue weighted by molar-refractivity contribution is -0.121. The van der Waals surface area contributed by atoms with Crippen LogP contribution in [-0.2, 0) is 30.5 Å². The topological polar surface area (TPSA) is 74.8 Å². The molecule has 1 unspecified atom stereocenters. The smallest absolute Gasteiger partial charge is 0.259 e. The Kier molecular flexibility index (Phi) is 6.62. The van der Waals surface area contributed by atoms with Crippen molar-refractivity contribution in [3.8, 4) is 0 Å². The van der Waals surface area contributed by atoms with E-state index in [1.54, 1.807) is 11.3 Å². The molecule has 1 aliphatic carbocycles. The molecular formula is C24H29N3O2S. The summed E-state index contributed by atoms with van der Waals surface area (Å²) < 4.78 is 0. The normalized spacial score (nSPS) is 14.8. The van der Waals surface area contributed by atoms with Crippen molar-refractivity contribution in [1.82, 2.24) is 15.3 Å². The molecule has 5 nitrogen and oxygen atoms in total. The summed E-state index contributed by atoms with van der Waals surface area (Å²) in [5.41, 5.74) is 2.44. The van der Waals surface area contributed by atoms with Crippen LogP contribution >= 0.6 is 11.3 Å². The van der Waals surface area contributed by atoms with Crippen LogP contribution < -0.4 is 10.9 Å². The third kappa shape index (κ3) is 4.98. The molecule has 30 heavy (non-hydrogen) atoms. The van der Waals surface area contributed by atoms with Gasteiger partial charge < -0.3 is 10.3 Å². The molecule has 0 aliphatic heterocycles. The molecule has 0 saturated carbocycles. The summed E-state index contributed by atoms with van der Waals surface area (Å²) in [5, 5.41) is 3.84. The van der Waals surface area contributed by atoms with Crippen LogP contribution in [0.4, 0.5) is 0 Å². The third-order valence-electron chi connectivity index (χ3n) is 5.83. The van der Waals surface area contributed by atoms with Crippen LogP contribution in [0, 0.1) is 0 Å². The van der Waals surface area contributed by atoms with Crippen molar-refractivity contribution in [2.24, 2.45) is 0 Å². The second kappa shape index (κ2) is 9.56. The Hall–Kier alpha value is -2.47. The number of carbonyl (C=O) groups excluding carboxylic acids is 1. The van der Waals surface area contributed by atoms with E-state index in [1.165, 1.54) is 28.8 Å². The number of benzene rings is 1. The maximum atomic E-state index is 12.7. The molecule has 2 N–H and O–H groups in total. The molecule has 4 rings (SSSR count). The zero-order chi connectivity index (χ0) is 20.9. The Balaban J connectivity index is 1.34. The van der Waals surface area contributed by atoms with Crippen molar-refractivity contribution in [2.45, 2.75) is 70.8 Å². The number of nitrogens with one attached hydrogen (secondary N) is 2. The minimum Gasteiger partial charge on any atom is -0.354 e. The van der Waals surface area contributed by atoms with Crippen molar-refractivity contribution in [1.29, 1.82) is 0 Å². The second-order valence-electron chi connectivity index (χ2n) is 8.25. The summed E-state index contributed by atoms with van der Waals surface area (Å²) in [6.45, 7) is 2.03. The van der Waals surface area contributed by atoms with Gasteiger partial charge in [0, 0.05) is 23.8 Å². The first-order chi connectivity index (χ1) is 14.6. The van der Waals surface area contributed by atoms with E-state index in [0.717, 1.165) is 42.3 Å². The number of aromatic amines is 1. The number of hydrogen-bond acceptors (Lipinski definition) is 4. The standard InChI is InChI=1S/C24H29N3O2S/c1-16(12-13-17-8-4-2-5-9-17)25-21(28)15-14-20-26-23(29)22-18-10-6-3-7-11-19(18)30-24(22)27-20/h2,4-5,8-9,16H,3,6-7,10-15H2,1H3,(H,25,28)(H,26,27,29). The van der Waals surface area contributed by atoms with Gasteiger partial charge >= 0.3 is 0 Å². The number of nitrogens with zero attached hydrogens (tertiary/aromatic N) is 1. The largest absolute Gasteiger partial charge is 0.354 e. The van der Waals surface area contributed by atoms with Gasteiger partial charge in [-0.3, -0.25) is 9.59 Å². The van der Waals surface area contributed by atoms with E-state index in [2.05, 4.69) is 27.4 Å². The summed E-state index contributed by atoms with van der Waals surface area (Å²) in [6.07, 6.45) is 8.20. The first kappa shape index (κ1) is 20.8. The number of carbonyl (C=O) groups is 1. The van der Waals surface area contributed by atoms with E-state index >= 15 is 0 Å². The number of hydrogen-bond donors (Lipinski definition) is 2. The molecule has 1 aromatic carbocycles. The molecule has 1 aliphatic rings. The average Bonchev–Trinajstić information content (AvgIpc) is 2.93. The van der Waals surface area contributed by atoms with E-state index < -0.39 is 0 Å². The summed E-state index contributed by atoms with van der Waals surface area (Å²) in [4.78, 5) is 34.8. The fourth-order valence-electron chi connectivity index (χ4n) is 4.18. The SMILES string of the molecule is CC(CCc1ccccc1)NC(=O)CCc1nc2sc3c(c2c(=O)[nH]1)CCCCC3. The van der Waals surface area contributed by atoms with Gasteiger partial charge in [-0.25, -0.2) is 4.98 Å². The third-order valence-corrected chi connectivity index (χ3v) is 7.01. The average molecular weight is 424 g/mol. The van der Waals surface area contributed by atoms with Gasteiger partial charge in [-0.15, -0.1) is 11.3 Å². The Morgan fingerprint density at radius 3 is 2.80 bits per heavy atom. The van der Waals surface area contributed by atoms with Gasteiger partial charge in [0.15, 0.2) is 0 Å². The molecule has 0 saturated heterocycles. The Morgan fingerprint density at radius 2 is 1.97 bits per heavy atom. The van der Waals surface area contributed by atoms with Crippen molar-refractivity contribution in [2.75, 3.05) is 0 Å². The van der Waals surface area contributed by atoms with Crippen molar-refractivity contribution in [3.63, 3.8) is 0 Å². The van der Waals surface area contributed by atoms with Gasteiger partial charge in [-0.2, -0.15) is 0 Å². The maximum absolute atomic E-state index is 12.7. The van der Waals surface area contributed by atoms with E-state index in [-0.39, 0.29) is 17.5 Å². The molecule has 2 heterocycles. The lowest BCUT2D eigenvalue weighted by Crippen LogP contribution is -2.33. The summed E-state index contributed by atoms with van der Waals surface area (Å²) in [7, 11) is 0. The first-order valence-corrected chi connectivity index (χ1v) is 11.8. The van der Waals surface area contributed by atoms with Crippen LogP contribution in [0.3, 0.4) is 0 Å². The molecule has 2 aromatic heterocycles. The number of fused-ring (bicyclic) bond motifs is 3. The fourth-order valence-corrected chi connectivity index (χ4v) is 5.46. The zero-order valence-corrected chi connectivity index (χ0v) is 18.3. The quantitative estimate of drug-likeness (QED) is 0.556. The van der Waals surface area contributed by atoms with Crippen molar-refractivity contribution < 1.29 is 4.79 Å². The highest BCUT2D eigenvalue weighted by Crippen LogP contribution is 2.32. The Morgan fingerprint density at radius 1 is 1.17 bits per heavy atom. The number of amides is 1. The second-order valence-corrected chi connectivity index (χ2v) is 9.33. The number of rotatable bonds is 7. The monoisotopic (exact) mass is 423 g/mol. The van der Waals surface area contributed by atoms with E-state index in [0.29, 0.717) is 18.7 Å². The molecule has 0 fully saturated rings. The minimum atomic E-state index is -0.0500.